The predicted molar refractivity (Wildman–Crippen MR) is 106 cm³/mol. The second kappa shape index (κ2) is 9.22. The molecule has 1 aromatic carbocycles. The van der Waals surface area contributed by atoms with E-state index in [1.807, 2.05) is 20.8 Å². The number of hydrogen-bond acceptors (Lipinski definition) is 4. The molecule has 27 heavy (non-hydrogen) atoms. The monoisotopic (exact) mass is 375 g/mol. The lowest BCUT2D eigenvalue weighted by molar-refractivity contribution is -0.123. The summed E-state index contributed by atoms with van der Waals surface area (Å²) in [4.78, 5) is 27.9. The predicted octanol–water partition coefficient (Wildman–Crippen LogP) is 2.94. The minimum atomic E-state index is -0.564. The Morgan fingerprint density at radius 3 is 2.44 bits per heavy atom. The molecular weight excluding hydrogens is 342 g/mol. The molecule has 6 nitrogen and oxygen atoms in total. The molecule has 2 rings (SSSR count). The number of likely N-dealkylation sites (tertiary alicyclic amines) is 1. The third-order valence-electron chi connectivity index (χ3n) is 4.69. The quantitative estimate of drug-likeness (QED) is 0.860. The smallest absolute Gasteiger partial charge is 0.410 e. The Labute approximate surface area is 162 Å². The number of likely N-dealkylation sites (N-methyl/N-ethyl adjacent to an activating group) is 1. The van der Waals surface area contributed by atoms with Crippen LogP contribution in [0.25, 0.3) is 0 Å². The number of hydrogen-bond donors (Lipinski definition) is 1. The summed E-state index contributed by atoms with van der Waals surface area (Å²) in [6, 6.07) is 8.63. The van der Waals surface area contributed by atoms with Crippen LogP contribution in [0.3, 0.4) is 0 Å². The number of nitrogens with zero attached hydrogens (tertiary/aromatic N) is 2. The van der Waals surface area contributed by atoms with Gasteiger partial charge in [0.25, 0.3) is 0 Å². The fraction of sp³-hybridized carbons (Fsp3) is 0.619. The van der Waals surface area contributed by atoms with E-state index in [9.17, 15) is 9.59 Å². The SMILES string of the molecule is Cc1ccccc1CN1CCC(NC(=O)CN(C)C(=O)OC(C)(C)C)CC1. The molecule has 1 aromatic rings. The molecular formula is C21H33N3O3. The molecule has 1 aliphatic heterocycles. The van der Waals surface area contributed by atoms with Crippen molar-refractivity contribution in [1.29, 1.82) is 0 Å². The van der Waals surface area contributed by atoms with Gasteiger partial charge in [0.1, 0.15) is 12.1 Å². The van der Waals surface area contributed by atoms with Gasteiger partial charge in [-0.25, -0.2) is 4.79 Å². The van der Waals surface area contributed by atoms with Crippen LogP contribution in [-0.4, -0.2) is 60.1 Å². The van der Waals surface area contributed by atoms with Gasteiger partial charge in [-0.1, -0.05) is 24.3 Å². The van der Waals surface area contributed by atoms with E-state index in [2.05, 4.69) is 41.4 Å². The zero-order valence-corrected chi connectivity index (χ0v) is 17.2. The van der Waals surface area contributed by atoms with Crippen LogP contribution in [0.1, 0.15) is 44.7 Å². The Morgan fingerprint density at radius 2 is 1.85 bits per heavy atom. The Balaban J connectivity index is 1.72. The summed E-state index contributed by atoms with van der Waals surface area (Å²) in [6.45, 7) is 10.5. The molecule has 1 fully saturated rings. The number of amides is 2. The van der Waals surface area contributed by atoms with Crippen LogP contribution in [0.2, 0.25) is 0 Å². The average molecular weight is 376 g/mol. The van der Waals surface area contributed by atoms with Gasteiger partial charge in [0.05, 0.1) is 0 Å². The van der Waals surface area contributed by atoms with Gasteiger partial charge in [-0.3, -0.25) is 9.69 Å². The molecule has 0 unspecified atom stereocenters. The van der Waals surface area contributed by atoms with Crippen molar-refractivity contribution in [1.82, 2.24) is 15.1 Å². The third kappa shape index (κ3) is 7.21. The topological polar surface area (TPSA) is 61.9 Å². The van der Waals surface area contributed by atoms with Crippen molar-refractivity contribution in [3.05, 3.63) is 35.4 Å². The Kier molecular flexibility index (Phi) is 7.25. The second-order valence-electron chi connectivity index (χ2n) is 8.38. The lowest BCUT2D eigenvalue weighted by Crippen LogP contribution is -2.48. The third-order valence-corrected chi connectivity index (χ3v) is 4.69. The Bertz CT molecular complexity index is 646. The molecule has 0 saturated carbocycles. The van der Waals surface area contributed by atoms with E-state index >= 15 is 0 Å². The lowest BCUT2D eigenvalue weighted by atomic mass is 10.0. The van der Waals surface area contributed by atoms with E-state index in [0.29, 0.717) is 0 Å². The molecule has 0 aromatic heterocycles. The van der Waals surface area contributed by atoms with Gasteiger partial charge in [0.2, 0.25) is 5.91 Å². The molecule has 1 aliphatic rings. The maximum absolute atomic E-state index is 12.2. The number of carbonyl (C=O) groups excluding carboxylic acids is 2. The number of aryl methyl sites for hydroxylation is 1. The first-order valence-corrected chi connectivity index (χ1v) is 9.64. The fourth-order valence-electron chi connectivity index (χ4n) is 3.16. The summed E-state index contributed by atoms with van der Waals surface area (Å²) < 4.78 is 5.27. The highest BCUT2D eigenvalue weighted by atomic mass is 16.6. The van der Waals surface area contributed by atoms with Gasteiger partial charge in [0.15, 0.2) is 0 Å². The van der Waals surface area contributed by atoms with Crippen LogP contribution in [-0.2, 0) is 16.1 Å². The van der Waals surface area contributed by atoms with Crippen molar-refractivity contribution in [3.63, 3.8) is 0 Å². The molecule has 6 heteroatoms. The van der Waals surface area contributed by atoms with Gasteiger partial charge in [-0.2, -0.15) is 0 Å². The number of rotatable bonds is 5. The number of piperidine rings is 1. The van der Waals surface area contributed by atoms with Gasteiger partial charge in [-0.15, -0.1) is 0 Å². The van der Waals surface area contributed by atoms with Crippen molar-refractivity contribution in [2.75, 3.05) is 26.7 Å². The first kappa shape index (κ1) is 21.2. The molecule has 150 valence electrons. The maximum Gasteiger partial charge on any atom is 0.410 e. The van der Waals surface area contributed by atoms with E-state index < -0.39 is 11.7 Å². The van der Waals surface area contributed by atoms with Crippen molar-refractivity contribution >= 4 is 12.0 Å². The Hall–Kier alpha value is -2.08. The fourth-order valence-corrected chi connectivity index (χ4v) is 3.16. The first-order chi connectivity index (χ1) is 12.6. The molecule has 0 atom stereocenters. The zero-order valence-electron chi connectivity index (χ0n) is 17.2. The summed E-state index contributed by atoms with van der Waals surface area (Å²) >= 11 is 0. The largest absolute Gasteiger partial charge is 0.444 e. The molecule has 0 aliphatic carbocycles. The minimum Gasteiger partial charge on any atom is -0.444 e. The number of carbonyl (C=O) groups is 2. The summed E-state index contributed by atoms with van der Waals surface area (Å²) in [6.07, 6.45) is 1.37. The normalized spacial score (nSPS) is 16.0. The van der Waals surface area contributed by atoms with E-state index in [1.54, 1.807) is 7.05 Å². The summed E-state index contributed by atoms with van der Waals surface area (Å²) in [7, 11) is 1.58. The second-order valence-corrected chi connectivity index (χ2v) is 8.38. The van der Waals surface area contributed by atoms with Crippen LogP contribution < -0.4 is 5.32 Å². The summed E-state index contributed by atoms with van der Waals surface area (Å²) in [5, 5.41) is 3.05. The van der Waals surface area contributed by atoms with Crippen LogP contribution in [0, 0.1) is 6.92 Å². The van der Waals surface area contributed by atoms with Gasteiger partial charge in [-0.05, 0) is 51.7 Å². The van der Waals surface area contributed by atoms with E-state index in [-0.39, 0.29) is 18.5 Å². The minimum absolute atomic E-state index is 0.0122. The highest BCUT2D eigenvalue weighted by Gasteiger charge is 2.24. The molecule has 1 heterocycles. The zero-order chi connectivity index (χ0) is 20.0. The van der Waals surface area contributed by atoms with Gasteiger partial charge >= 0.3 is 6.09 Å². The molecule has 0 bridgehead atoms. The standard InChI is InChI=1S/C21H33N3O3/c1-16-8-6-7-9-17(16)14-24-12-10-18(11-13-24)22-19(25)15-23(5)20(26)27-21(2,3)4/h6-9,18H,10-15H2,1-5H3,(H,22,25). The van der Waals surface area contributed by atoms with Crippen molar-refractivity contribution in [2.45, 2.75) is 58.7 Å². The lowest BCUT2D eigenvalue weighted by Gasteiger charge is -2.33. The van der Waals surface area contributed by atoms with Gasteiger partial charge in [0, 0.05) is 32.7 Å². The number of nitrogens with one attached hydrogen (secondary N) is 1. The summed E-state index contributed by atoms with van der Waals surface area (Å²) in [5.41, 5.74) is 2.11. The average Bonchev–Trinajstić information content (AvgIpc) is 2.57. The van der Waals surface area contributed by atoms with Crippen molar-refractivity contribution in [2.24, 2.45) is 0 Å². The van der Waals surface area contributed by atoms with Crippen LogP contribution in [0.4, 0.5) is 4.79 Å². The first-order valence-electron chi connectivity index (χ1n) is 9.64. The van der Waals surface area contributed by atoms with Crippen LogP contribution in [0.15, 0.2) is 24.3 Å². The molecule has 0 spiro atoms. The van der Waals surface area contributed by atoms with Crippen molar-refractivity contribution in [3.8, 4) is 0 Å². The molecule has 1 N–H and O–H groups in total. The molecule has 1 saturated heterocycles. The van der Waals surface area contributed by atoms with E-state index in [1.165, 1.54) is 16.0 Å². The van der Waals surface area contributed by atoms with Crippen LogP contribution >= 0.6 is 0 Å². The van der Waals surface area contributed by atoms with E-state index in [4.69, 9.17) is 4.74 Å². The number of benzene rings is 1. The van der Waals surface area contributed by atoms with Crippen molar-refractivity contribution < 1.29 is 14.3 Å². The molecule has 0 radical (unpaired) electrons. The summed E-state index contributed by atoms with van der Waals surface area (Å²) in [5.74, 6) is -0.138. The number of ether oxygens (including phenoxy) is 1. The Morgan fingerprint density at radius 1 is 1.22 bits per heavy atom. The highest BCUT2D eigenvalue weighted by Crippen LogP contribution is 2.16. The molecule has 2 amide bonds. The van der Waals surface area contributed by atoms with Crippen LogP contribution in [0.5, 0.6) is 0 Å². The highest BCUT2D eigenvalue weighted by molar-refractivity contribution is 5.82. The van der Waals surface area contributed by atoms with Gasteiger partial charge < -0.3 is 15.0 Å². The van der Waals surface area contributed by atoms with E-state index in [0.717, 1.165) is 32.5 Å². The maximum atomic E-state index is 12.2.